The third kappa shape index (κ3) is 15.5. The lowest BCUT2D eigenvalue weighted by Gasteiger charge is -2.34. The van der Waals surface area contributed by atoms with Gasteiger partial charge in [0.1, 0.15) is 42.3 Å². The van der Waals surface area contributed by atoms with Crippen molar-refractivity contribution in [3.8, 4) is 0 Å². The Morgan fingerprint density at radius 1 is 0.778 bits per heavy atom. The van der Waals surface area contributed by atoms with Crippen LogP contribution in [0.1, 0.15) is 88.6 Å². The highest BCUT2D eigenvalue weighted by Crippen LogP contribution is 2.27. The molecule has 0 unspecified atom stereocenters. The number of benzene rings is 2. The number of hydrogen-bond acceptors (Lipinski definition) is 12. The highest BCUT2D eigenvalue weighted by molar-refractivity contribution is 8.14. The van der Waals surface area contributed by atoms with E-state index in [1.807, 2.05) is 32.0 Å². The number of carbonyl (C=O) groups is 9. The molecule has 0 spiro atoms. The number of carboxylic acid groups (broad SMARTS) is 1. The zero-order valence-electron chi connectivity index (χ0n) is 40.9. The molecule has 2 aliphatic rings. The van der Waals surface area contributed by atoms with E-state index in [0.717, 1.165) is 22.7 Å². The predicted molar refractivity (Wildman–Crippen MR) is 269 cm³/mol. The standard InChI is InChI=1S/C49H67N11O11S/c1-27(2)23-36(45(67)60-22-12-19-38(60)46(68)59-21-11-18-37(59)43(65)55-34(47(69)70)17-10-20-52-49(50)51)57-42(64)35(24-31-25-53-33-16-9-8-15-32(31)33)56-44(66)40(29(4)61)58-41(63)28(3)54-39(62)26-72-48(71)30-13-6-5-7-14-30/h5-9,13-16,25,27-29,34-38,40,53,61H,10-12,17-24,26H2,1-4H3,(H,54,62)(H,55,65)(H,56,66)(H,57,64)(H,58,63)(H,69,70)(H4,50,51,52)/t28-,29+,34-,35-,36-,37-,38-,40-/m0/s1. The van der Waals surface area contributed by atoms with Gasteiger partial charge < -0.3 is 63.0 Å². The average molecular weight is 1020 g/mol. The van der Waals surface area contributed by atoms with Crippen LogP contribution in [-0.2, 0) is 44.8 Å². The number of guanidine groups is 1. The van der Waals surface area contributed by atoms with Crippen molar-refractivity contribution in [2.45, 2.75) is 127 Å². The molecule has 7 amide bonds. The topological polar surface area (TPSA) is 341 Å². The van der Waals surface area contributed by atoms with Crippen molar-refractivity contribution in [1.29, 1.82) is 0 Å². The second kappa shape index (κ2) is 26.4. The summed E-state index contributed by atoms with van der Waals surface area (Å²) in [6.07, 6.45) is 2.02. The van der Waals surface area contributed by atoms with Gasteiger partial charge in [-0.3, -0.25) is 43.3 Å². The molecule has 5 rings (SSSR count). The molecule has 2 saturated heterocycles. The number of rotatable bonds is 24. The fourth-order valence-corrected chi connectivity index (χ4v) is 9.44. The van der Waals surface area contributed by atoms with Crippen LogP contribution in [0.2, 0.25) is 0 Å². The largest absolute Gasteiger partial charge is 0.480 e. The Labute approximate surface area is 421 Å². The minimum absolute atomic E-state index is 0.0397. The summed E-state index contributed by atoms with van der Waals surface area (Å²) in [4.78, 5) is 132. The lowest BCUT2D eigenvalue weighted by atomic mass is 9.99. The first-order valence-electron chi connectivity index (χ1n) is 24.1. The number of fused-ring (bicyclic) bond motifs is 1. The number of nitrogens with one attached hydrogen (secondary N) is 6. The van der Waals surface area contributed by atoms with Crippen LogP contribution < -0.4 is 38.1 Å². The number of amides is 7. The Balaban J connectivity index is 1.29. The number of para-hydroxylation sites is 1. The molecule has 2 aromatic carbocycles. The van der Waals surface area contributed by atoms with E-state index in [1.54, 1.807) is 42.6 Å². The van der Waals surface area contributed by atoms with Gasteiger partial charge >= 0.3 is 5.97 Å². The van der Waals surface area contributed by atoms with Crippen molar-refractivity contribution >= 4 is 81.1 Å². The van der Waals surface area contributed by atoms with Gasteiger partial charge in [-0.05, 0) is 76.3 Å². The first kappa shape index (κ1) is 55.9. The molecule has 23 heteroatoms. The number of nitrogens with two attached hydrogens (primary N) is 2. The lowest BCUT2D eigenvalue weighted by molar-refractivity contribution is -0.149. The SMILES string of the molecule is CC(C)C[C@H](NC(=O)[C@H](Cc1c[nH]c2ccccc12)NC(=O)[C@@H](NC(=O)[C@H](C)NC(=O)CSC(=O)c1ccccc1)[C@@H](C)O)C(=O)N1CCC[C@H]1C(=O)N1CCC[C@H]1C(=O)N[C@@H](CCCN=C(N)N)C(=O)O. The predicted octanol–water partition coefficient (Wildman–Crippen LogP) is 0.275. The summed E-state index contributed by atoms with van der Waals surface area (Å²) in [5, 5.41) is 34.0. The van der Waals surface area contributed by atoms with E-state index < -0.39 is 95.7 Å². The number of likely N-dealkylation sites (tertiary alicyclic amines) is 2. The summed E-state index contributed by atoms with van der Waals surface area (Å²) < 4.78 is 0. The Kier molecular flexibility index (Phi) is 20.5. The van der Waals surface area contributed by atoms with Crippen LogP contribution in [0.15, 0.2) is 65.8 Å². The van der Waals surface area contributed by atoms with E-state index >= 15 is 0 Å². The molecule has 2 aliphatic heterocycles. The highest BCUT2D eigenvalue weighted by Gasteiger charge is 2.44. The van der Waals surface area contributed by atoms with Crippen LogP contribution in [0.4, 0.5) is 0 Å². The molecule has 0 aliphatic carbocycles. The summed E-state index contributed by atoms with van der Waals surface area (Å²) >= 11 is 0.751. The number of carbonyl (C=O) groups excluding carboxylic acids is 8. The van der Waals surface area contributed by atoms with E-state index in [0.29, 0.717) is 24.0 Å². The van der Waals surface area contributed by atoms with Gasteiger partial charge in [-0.2, -0.15) is 0 Å². The molecular formula is C49H67N11O11S. The van der Waals surface area contributed by atoms with Crippen molar-refractivity contribution in [2.24, 2.45) is 22.4 Å². The average Bonchev–Trinajstić information content (AvgIpc) is 4.13. The van der Waals surface area contributed by atoms with Crippen LogP contribution in [0.3, 0.4) is 0 Å². The quantitative estimate of drug-likeness (QED) is 0.0328. The minimum Gasteiger partial charge on any atom is -0.480 e. The first-order chi connectivity index (χ1) is 34.2. The zero-order valence-corrected chi connectivity index (χ0v) is 41.7. The van der Waals surface area contributed by atoms with Gasteiger partial charge in [0, 0.05) is 48.7 Å². The van der Waals surface area contributed by atoms with E-state index in [4.69, 9.17) is 11.5 Å². The molecule has 1 aromatic heterocycles. The number of aliphatic imine (C=N–C) groups is 1. The molecule has 3 aromatic rings. The summed E-state index contributed by atoms with van der Waals surface area (Å²) in [7, 11) is 0. The molecular weight excluding hydrogens is 951 g/mol. The maximum atomic E-state index is 14.6. The zero-order chi connectivity index (χ0) is 52.6. The number of aromatic amines is 1. The Morgan fingerprint density at radius 2 is 1.43 bits per heavy atom. The first-order valence-corrected chi connectivity index (χ1v) is 25.1. The van der Waals surface area contributed by atoms with Gasteiger partial charge in [-0.15, -0.1) is 0 Å². The summed E-state index contributed by atoms with van der Waals surface area (Å²) in [5.41, 5.74) is 12.5. The van der Waals surface area contributed by atoms with Crippen molar-refractivity contribution in [3.05, 3.63) is 71.9 Å². The number of hydrogen-bond donors (Lipinski definition) is 10. The second-order valence-electron chi connectivity index (χ2n) is 18.5. The number of H-pyrrole nitrogens is 1. The summed E-state index contributed by atoms with van der Waals surface area (Å²) in [6.45, 7) is 6.88. The van der Waals surface area contributed by atoms with Gasteiger partial charge in [0.15, 0.2) is 5.96 Å². The van der Waals surface area contributed by atoms with Crippen LogP contribution in [-0.4, -0.2) is 157 Å². The number of nitrogens with zero attached hydrogens (tertiary/aromatic N) is 3. The fourth-order valence-electron chi connectivity index (χ4n) is 8.79. The van der Waals surface area contributed by atoms with E-state index in [9.17, 15) is 53.4 Å². The molecule has 8 atom stereocenters. The van der Waals surface area contributed by atoms with E-state index in [1.165, 1.54) is 23.6 Å². The second-order valence-corrected chi connectivity index (χ2v) is 19.4. The number of aliphatic hydroxyl groups excluding tert-OH is 1. The van der Waals surface area contributed by atoms with Crippen LogP contribution in [0, 0.1) is 5.92 Å². The molecule has 0 bridgehead atoms. The number of carboxylic acids is 1. The van der Waals surface area contributed by atoms with Crippen LogP contribution in [0.25, 0.3) is 10.9 Å². The summed E-state index contributed by atoms with van der Waals surface area (Å²) in [5.74, 6) is -6.67. The maximum Gasteiger partial charge on any atom is 0.326 e. The van der Waals surface area contributed by atoms with Crippen molar-refractivity contribution in [1.82, 2.24) is 41.4 Å². The molecule has 22 nitrogen and oxygen atoms in total. The van der Waals surface area contributed by atoms with E-state index in [-0.39, 0.29) is 80.9 Å². The molecule has 12 N–H and O–H groups in total. The third-order valence-electron chi connectivity index (χ3n) is 12.5. The number of thioether (sulfide) groups is 1. The molecule has 0 radical (unpaired) electrons. The highest BCUT2D eigenvalue weighted by atomic mass is 32.2. The normalized spacial score (nSPS) is 18.0. The van der Waals surface area contributed by atoms with Crippen LogP contribution >= 0.6 is 11.8 Å². The third-order valence-corrected chi connectivity index (χ3v) is 13.4. The maximum absolute atomic E-state index is 14.6. The smallest absolute Gasteiger partial charge is 0.326 e. The summed E-state index contributed by atoms with van der Waals surface area (Å²) in [6, 6.07) is 7.05. The van der Waals surface area contributed by atoms with Crippen molar-refractivity contribution in [3.63, 3.8) is 0 Å². The van der Waals surface area contributed by atoms with Crippen molar-refractivity contribution < 1.29 is 53.4 Å². The van der Waals surface area contributed by atoms with Gasteiger partial charge in [0.25, 0.3) is 0 Å². The molecule has 390 valence electrons. The number of aliphatic hydroxyl groups is 1. The molecule has 3 heterocycles. The lowest BCUT2D eigenvalue weighted by Crippen LogP contribution is -2.61. The molecule has 2 fully saturated rings. The van der Waals surface area contributed by atoms with Gasteiger partial charge in [0.05, 0.1) is 11.9 Å². The van der Waals surface area contributed by atoms with Crippen LogP contribution in [0.5, 0.6) is 0 Å². The Bertz CT molecular complexity index is 2460. The molecule has 0 saturated carbocycles. The number of aromatic nitrogens is 1. The van der Waals surface area contributed by atoms with Gasteiger partial charge in [-0.25, -0.2) is 4.79 Å². The van der Waals surface area contributed by atoms with Gasteiger partial charge in [-0.1, -0.05) is 74.1 Å². The Hall–Kier alpha value is -7.01. The number of aliphatic carboxylic acids is 1. The minimum atomic E-state index is -1.61. The Morgan fingerprint density at radius 3 is 2.10 bits per heavy atom. The molecule has 72 heavy (non-hydrogen) atoms. The van der Waals surface area contributed by atoms with Gasteiger partial charge in [0.2, 0.25) is 46.5 Å². The fraction of sp³-hybridized carbons (Fsp3) is 0.510. The van der Waals surface area contributed by atoms with E-state index in [2.05, 4.69) is 36.6 Å². The van der Waals surface area contributed by atoms with Crippen molar-refractivity contribution in [2.75, 3.05) is 25.4 Å². The monoisotopic (exact) mass is 1020 g/mol.